The van der Waals surface area contributed by atoms with E-state index in [0.29, 0.717) is 17.7 Å². The van der Waals surface area contributed by atoms with Gasteiger partial charge in [-0.15, -0.1) is 0 Å². The molecular weight excluding hydrogens is 214 g/mol. The van der Waals surface area contributed by atoms with Gasteiger partial charge in [-0.2, -0.15) is 0 Å². The van der Waals surface area contributed by atoms with Crippen molar-refractivity contribution in [3.8, 4) is 0 Å². The third-order valence-corrected chi connectivity index (χ3v) is 3.94. The number of hydrogen-bond acceptors (Lipinski definition) is 2. The summed E-state index contributed by atoms with van der Waals surface area (Å²) in [5.74, 6) is 1.10. The summed E-state index contributed by atoms with van der Waals surface area (Å²) in [6, 6.07) is 2.20. The molecule has 2 rings (SSSR count). The highest BCUT2D eigenvalue weighted by molar-refractivity contribution is 5.92. The standard InChI is InChI=1S/C14H21NO2/c1-10-6-4-5-7-12(10)15(3)14(16)13-11(2)8-9-17-13/h8-10,12H,4-7H2,1-3H3/t10-,12-/m0/s1. The summed E-state index contributed by atoms with van der Waals surface area (Å²) < 4.78 is 5.28. The summed E-state index contributed by atoms with van der Waals surface area (Å²) in [6.07, 6.45) is 6.44. The average Bonchev–Trinajstić information content (AvgIpc) is 2.74. The van der Waals surface area contributed by atoms with Crippen LogP contribution in [0.15, 0.2) is 16.7 Å². The number of carbonyl (C=O) groups is 1. The second-order valence-corrected chi connectivity index (χ2v) is 5.18. The van der Waals surface area contributed by atoms with E-state index in [1.54, 1.807) is 6.26 Å². The Balaban J connectivity index is 2.11. The first kappa shape index (κ1) is 12.2. The summed E-state index contributed by atoms with van der Waals surface area (Å²) in [4.78, 5) is 14.2. The molecule has 1 aromatic heterocycles. The Bertz CT molecular complexity index is 397. The Kier molecular flexibility index (Phi) is 3.55. The van der Waals surface area contributed by atoms with Crippen molar-refractivity contribution in [2.75, 3.05) is 7.05 Å². The molecule has 0 saturated heterocycles. The molecule has 2 atom stereocenters. The van der Waals surface area contributed by atoms with Gasteiger partial charge >= 0.3 is 0 Å². The molecule has 3 nitrogen and oxygen atoms in total. The van der Waals surface area contributed by atoms with Crippen molar-refractivity contribution in [2.24, 2.45) is 5.92 Å². The molecule has 3 heteroatoms. The zero-order chi connectivity index (χ0) is 12.4. The van der Waals surface area contributed by atoms with E-state index in [2.05, 4.69) is 6.92 Å². The molecule has 0 radical (unpaired) electrons. The maximum atomic E-state index is 12.3. The Hall–Kier alpha value is -1.25. The SMILES string of the molecule is Cc1ccoc1C(=O)N(C)[C@H]1CCCC[C@@H]1C. The molecule has 1 amide bonds. The van der Waals surface area contributed by atoms with Crippen molar-refractivity contribution in [2.45, 2.75) is 45.6 Å². The second kappa shape index (κ2) is 4.94. The molecule has 1 fully saturated rings. The fraction of sp³-hybridized carbons (Fsp3) is 0.643. The molecule has 94 valence electrons. The number of rotatable bonds is 2. The number of hydrogen-bond donors (Lipinski definition) is 0. The van der Waals surface area contributed by atoms with Crippen molar-refractivity contribution in [3.63, 3.8) is 0 Å². The van der Waals surface area contributed by atoms with Crippen LogP contribution >= 0.6 is 0 Å². The number of aryl methyl sites for hydroxylation is 1. The van der Waals surface area contributed by atoms with E-state index in [4.69, 9.17) is 4.42 Å². The van der Waals surface area contributed by atoms with Gasteiger partial charge in [0.25, 0.3) is 5.91 Å². The molecule has 0 aromatic carbocycles. The molecule has 1 aromatic rings. The Morgan fingerprint density at radius 1 is 1.41 bits per heavy atom. The second-order valence-electron chi connectivity index (χ2n) is 5.18. The number of nitrogens with zero attached hydrogens (tertiary/aromatic N) is 1. The van der Waals surface area contributed by atoms with Crippen LogP contribution in [-0.2, 0) is 0 Å². The average molecular weight is 235 g/mol. The quantitative estimate of drug-likeness (QED) is 0.788. The third kappa shape index (κ3) is 2.38. The van der Waals surface area contributed by atoms with E-state index in [1.165, 1.54) is 19.3 Å². The van der Waals surface area contributed by atoms with Gasteiger partial charge in [0.15, 0.2) is 5.76 Å². The maximum absolute atomic E-state index is 12.3. The van der Waals surface area contributed by atoms with Gasteiger partial charge in [-0.25, -0.2) is 0 Å². The summed E-state index contributed by atoms with van der Waals surface area (Å²) in [5, 5.41) is 0. The summed E-state index contributed by atoms with van der Waals surface area (Å²) in [7, 11) is 1.90. The normalized spacial score (nSPS) is 24.6. The molecule has 0 bridgehead atoms. The van der Waals surface area contributed by atoms with E-state index in [9.17, 15) is 4.79 Å². The van der Waals surface area contributed by atoms with Crippen LogP contribution in [0.25, 0.3) is 0 Å². The summed E-state index contributed by atoms with van der Waals surface area (Å²) in [5.41, 5.74) is 0.922. The highest BCUT2D eigenvalue weighted by atomic mass is 16.3. The highest BCUT2D eigenvalue weighted by Crippen LogP contribution is 2.28. The first-order valence-electron chi connectivity index (χ1n) is 6.42. The van der Waals surface area contributed by atoms with E-state index < -0.39 is 0 Å². The molecule has 0 aliphatic heterocycles. The van der Waals surface area contributed by atoms with Gasteiger partial charge in [0.1, 0.15) is 0 Å². The molecule has 1 heterocycles. The van der Waals surface area contributed by atoms with Gasteiger partial charge < -0.3 is 9.32 Å². The Morgan fingerprint density at radius 2 is 2.12 bits per heavy atom. The lowest BCUT2D eigenvalue weighted by molar-refractivity contribution is 0.0596. The van der Waals surface area contributed by atoms with Crippen LogP contribution in [0.4, 0.5) is 0 Å². The van der Waals surface area contributed by atoms with Crippen molar-refractivity contribution in [1.29, 1.82) is 0 Å². The topological polar surface area (TPSA) is 33.5 Å². The van der Waals surface area contributed by atoms with E-state index >= 15 is 0 Å². The lowest BCUT2D eigenvalue weighted by Gasteiger charge is -2.35. The van der Waals surface area contributed by atoms with Crippen molar-refractivity contribution in [1.82, 2.24) is 4.90 Å². The molecule has 0 spiro atoms. The van der Waals surface area contributed by atoms with Crippen molar-refractivity contribution >= 4 is 5.91 Å². The van der Waals surface area contributed by atoms with Crippen LogP contribution in [0.5, 0.6) is 0 Å². The smallest absolute Gasteiger partial charge is 0.289 e. The Morgan fingerprint density at radius 3 is 2.71 bits per heavy atom. The first-order valence-corrected chi connectivity index (χ1v) is 6.42. The highest BCUT2D eigenvalue weighted by Gasteiger charge is 2.29. The molecule has 0 N–H and O–H groups in total. The predicted molar refractivity (Wildman–Crippen MR) is 67.0 cm³/mol. The number of amides is 1. The summed E-state index contributed by atoms with van der Waals surface area (Å²) >= 11 is 0. The van der Waals surface area contributed by atoms with E-state index in [1.807, 2.05) is 24.9 Å². The van der Waals surface area contributed by atoms with Gasteiger partial charge in [0, 0.05) is 18.7 Å². The van der Waals surface area contributed by atoms with Crippen LogP contribution in [0.2, 0.25) is 0 Å². The van der Waals surface area contributed by atoms with Crippen molar-refractivity contribution < 1.29 is 9.21 Å². The minimum absolute atomic E-state index is 0.0197. The lowest BCUT2D eigenvalue weighted by Crippen LogP contribution is -2.42. The van der Waals surface area contributed by atoms with Gasteiger partial charge in [0.05, 0.1) is 6.26 Å². The number of furan rings is 1. The molecule has 1 saturated carbocycles. The van der Waals surface area contributed by atoms with Crippen LogP contribution in [0, 0.1) is 12.8 Å². The van der Waals surface area contributed by atoms with Gasteiger partial charge in [0.2, 0.25) is 0 Å². The Labute approximate surface area is 103 Å². The van der Waals surface area contributed by atoms with Crippen LogP contribution in [0.1, 0.15) is 48.7 Å². The van der Waals surface area contributed by atoms with Crippen LogP contribution < -0.4 is 0 Å². The molecule has 1 aliphatic carbocycles. The minimum Gasteiger partial charge on any atom is -0.459 e. The maximum Gasteiger partial charge on any atom is 0.289 e. The van der Waals surface area contributed by atoms with Gasteiger partial charge in [-0.05, 0) is 31.7 Å². The molecule has 0 unspecified atom stereocenters. The minimum atomic E-state index is 0.0197. The van der Waals surface area contributed by atoms with Gasteiger partial charge in [-0.1, -0.05) is 19.8 Å². The fourth-order valence-electron chi connectivity index (χ4n) is 2.77. The monoisotopic (exact) mass is 235 g/mol. The zero-order valence-electron chi connectivity index (χ0n) is 10.9. The largest absolute Gasteiger partial charge is 0.459 e. The fourth-order valence-corrected chi connectivity index (χ4v) is 2.77. The van der Waals surface area contributed by atoms with E-state index in [0.717, 1.165) is 12.0 Å². The summed E-state index contributed by atoms with van der Waals surface area (Å²) in [6.45, 7) is 4.15. The third-order valence-electron chi connectivity index (χ3n) is 3.94. The van der Waals surface area contributed by atoms with Crippen LogP contribution in [0.3, 0.4) is 0 Å². The van der Waals surface area contributed by atoms with Gasteiger partial charge in [-0.3, -0.25) is 4.79 Å². The van der Waals surface area contributed by atoms with Crippen molar-refractivity contribution in [3.05, 3.63) is 23.7 Å². The molecule has 1 aliphatic rings. The predicted octanol–water partition coefficient (Wildman–Crippen LogP) is 3.24. The zero-order valence-corrected chi connectivity index (χ0v) is 10.9. The first-order chi connectivity index (χ1) is 8.11. The molecule has 17 heavy (non-hydrogen) atoms. The molecular formula is C14H21NO2. The lowest BCUT2D eigenvalue weighted by atomic mass is 9.85. The van der Waals surface area contributed by atoms with E-state index in [-0.39, 0.29) is 5.91 Å². The number of carbonyl (C=O) groups excluding carboxylic acids is 1. The van der Waals surface area contributed by atoms with Crippen LogP contribution in [-0.4, -0.2) is 23.9 Å².